The van der Waals surface area contributed by atoms with Gasteiger partial charge < -0.3 is 5.84 Å². The Hall–Kier alpha value is -2.23. The fourth-order valence-corrected chi connectivity index (χ4v) is 2.91. The summed E-state index contributed by atoms with van der Waals surface area (Å²) in [6.07, 6.45) is 3.98. The van der Waals surface area contributed by atoms with E-state index < -0.39 is 0 Å². The van der Waals surface area contributed by atoms with Crippen LogP contribution < -0.4 is 5.84 Å². The Morgan fingerprint density at radius 3 is 2.81 bits per heavy atom. The third kappa shape index (κ3) is 2.94. The summed E-state index contributed by atoms with van der Waals surface area (Å²) in [4.78, 5) is 4.66. The van der Waals surface area contributed by atoms with Gasteiger partial charge in [0.15, 0.2) is 0 Å². The van der Waals surface area contributed by atoms with Crippen LogP contribution in [0, 0.1) is 5.82 Å². The van der Waals surface area contributed by atoms with Crippen molar-refractivity contribution in [2.45, 2.75) is 31.6 Å². The summed E-state index contributed by atoms with van der Waals surface area (Å²) in [6, 6.07) is 12.5. The number of benzene rings is 1. The van der Waals surface area contributed by atoms with Gasteiger partial charge >= 0.3 is 0 Å². The lowest BCUT2D eigenvalue weighted by atomic mass is 9.85. The first-order valence-electron chi connectivity index (χ1n) is 7.25. The van der Waals surface area contributed by atoms with Crippen LogP contribution in [0.3, 0.4) is 0 Å². The first kappa shape index (κ1) is 13.7. The maximum atomic E-state index is 13.9. The third-order valence-corrected chi connectivity index (χ3v) is 4.02. The molecule has 1 saturated carbocycles. The first-order valence-corrected chi connectivity index (χ1v) is 7.25. The second-order valence-corrected chi connectivity index (χ2v) is 5.42. The molecule has 108 valence electrons. The Morgan fingerprint density at radius 1 is 1.14 bits per heavy atom. The van der Waals surface area contributed by atoms with Gasteiger partial charge in [0.25, 0.3) is 0 Å². The van der Waals surface area contributed by atoms with Gasteiger partial charge in [-0.05, 0) is 49.9 Å². The molecule has 1 atom stereocenters. The highest BCUT2D eigenvalue weighted by molar-refractivity contribution is 5.85. The van der Waals surface area contributed by atoms with Crippen LogP contribution >= 0.6 is 0 Å². The minimum absolute atomic E-state index is 0.241. The Bertz CT molecular complexity index is 667. The molecule has 0 bridgehead atoms. The molecule has 0 radical (unpaired) electrons. The van der Waals surface area contributed by atoms with Crippen LogP contribution in [0.2, 0.25) is 0 Å². The van der Waals surface area contributed by atoms with Gasteiger partial charge in [-0.3, -0.25) is 4.98 Å². The van der Waals surface area contributed by atoms with Crippen LogP contribution in [0.1, 0.15) is 37.3 Å². The lowest BCUT2D eigenvalue weighted by Gasteiger charge is -2.22. The average molecular weight is 283 g/mol. The maximum Gasteiger partial charge on any atom is 0.132 e. The number of hydrazone groups is 1. The Labute approximate surface area is 123 Å². The van der Waals surface area contributed by atoms with E-state index in [1.54, 1.807) is 12.1 Å². The number of nitrogens with two attached hydrogens (primary N) is 1. The standard InChI is InChI=1S/C17H18FN3/c18-15-8-2-1-7-14(15)17-10-4-9-16(20-17)12-5-3-6-13(11-12)21-19/h1-2,4,7-10,12H,3,5-6,11,19H2. The Kier molecular flexibility index (Phi) is 3.95. The lowest BCUT2D eigenvalue weighted by molar-refractivity contribution is 0.564. The van der Waals surface area contributed by atoms with Crippen LogP contribution in [0.5, 0.6) is 0 Å². The molecule has 1 fully saturated rings. The smallest absolute Gasteiger partial charge is 0.132 e. The molecule has 4 heteroatoms. The maximum absolute atomic E-state index is 13.9. The highest BCUT2D eigenvalue weighted by Gasteiger charge is 2.21. The summed E-state index contributed by atoms with van der Waals surface area (Å²) in [5.74, 6) is 5.49. The minimum Gasteiger partial charge on any atom is -0.323 e. The van der Waals surface area contributed by atoms with Gasteiger partial charge in [-0.25, -0.2) is 4.39 Å². The van der Waals surface area contributed by atoms with Crippen molar-refractivity contribution < 1.29 is 4.39 Å². The van der Waals surface area contributed by atoms with Gasteiger partial charge in [-0.1, -0.05) is 18.2 Å². The van der Waals surface area contributed by atoms with Crippen molar-refractivity contribution in [3.8, 4) is 11.3 Å². The van der Waals surface area contributed by atoms with E-state index in [1.807, 2.05) is 24.3 Å². The van der Waals surface area contributed by atoms with Crippen LogP contribution in [0.15, 0.2) is 47.6 Å². The number of hydrogen-bond donors (Lipinski definition) is 1. The van der Waals surface area contributed by atoms with Gasteiger partial charge in [0.05, 0.1) is 5.69 Å². The van der Waals surface area contributed by atoms with E-state index in [-0.39, 0.29) is 5.82 Å². The predicted molar refractivity (Wildman–Crippen MR) is 82.5 cm³/mol. The van der Waals surface area contributed by atoms with Gasteiger partial charge in [-0.15, -0.1) is 0 Å². The minimum atomic E-state index is -0.241. The normalized spacial score (nSPS) is 20.6. The molecule has 1 unspecified atom stereocenters. The van der Waals surface area contributed by atoms with Crippen molar-refractivity contribution in [3.63, 3.8) is 0 Å². The zero-order valence-corrected chi connectivity index (χ0v) is 11.8. The van der Waals surface area contributed by atoms with E-state index in [0.717, 1.165) is 37.1 Å². The van der Waals surface area contributed by atoms with Gasteiger partial charge in [0.1, 0.15) is 5.82 Å². The Morgan fingerprint density at radius 2 is 2.00 bits per heavy atom. The zero-order chi connectivity index (χ0) is 14.7. The molecule has 1 aliphatic carbocycles. The van der Waals surface area contributed by atoms with Crippen molar-refractivity contribution in [3.05, 3.63) is 54.0 Å². The van der Waals surface area contributed by atoms with Gasteiger partial charge in [-0.2, -0.15) is 5.10 Å². The number of pyridine rings is 1. The van der Waals surface area contributed by atoms with E-state index in [9.17, 15) is 4.39 Å². The highest BCUT2D eigenvalue weighted by Crippen LogP contribution is 2.31. The van der Waals surface area contributed by atoms with Crippen LogP contribution in [-0.4, -0.2) is 10.7 Å². The molecule has 21 heavy (non-hydrogen) atoms. The molecule has 0 amide bonds. The first-order chi connectivity index (χ1) is 10.3. The molecule has 0 saturated heterocycles. The topological polar surface area (TPSA) is 51.3 Å². The van der Waals surface area contributed by atoms with Crippen molar-refractivity contribution in [1.82, 2.24) is 4.98 Å². The third-order valence-electron chi connectivity index (χ3n) is 4.02. The molecule has 3 nitrogen and oxygen atoms in total. The van der Waals surface area contributed by atoms with E-state index in [0.29, 0.717) is 17.2 Å². The van der Waals surface area contributed by atoms with Gasteiger partial charge in [0, 0.05) is 22.9 Å². The number of hydrogen-bond acceptors (Lipinski definition) is 3. The van der Waals surface area contributed by atoms with Crippen molar-refractivity contribution in [2.75, 3.05) is 0 Å². The van der Waals surface area contributed by atoms with Crippen molar-refractivity contribution in [1.29, 1.82) is 0 Å². The molecule has 1 heterocycles. The molecule has 0 aliphatic heterocycles. The van der Waals surface area contributed by atoms with Crippen molar-refractivity contribution >= 4 is 5.71 Å². The van der Waals surface area contributed by atoms with E-state index in [4.69, 9.17) is 5.84 Å². The quantitative estimate of drug-likeness (QED) is 0.672. The predicted octanol–water partition coefficient (Wildman–Crippen LogP) is 3.86. The molecule has 3 rings (SSSR count). The fraction of sp³-hybridized carbons (Fsp3) is 0.294. The second-order valence-electron chi connectivity index (χ2n) is 5.42. The number of halogens is 1. The summed E-state index contributed by atoms with van der Waals surface area (Å²) < 4.78 is 13.9. The molecule has 1 aromatic carbocycles. The average Bonchev–Trinajstić information content (AvgIpc) is 2.55. The molecular weight excluding hydrogens is 265 g/mol. The SMILES string of the molecule is NN=C1CCCC(c2cccc(-c3ccccc3F)n2)C1. The number of aromatic nitrogens is 1. The molecular formula is C17H18FN3. The highest BCUT2D eigenvalue weighted by atomic mass is 19.1. The summed E-state index contributed by atoms with van der Waals surface area (Å²) in [5.41, 5.74) is 3.27. The summed E-state index contributed by atoms with van der Waals surface area (Å²) in [5, 5.41) is 3.85. The largest absolute Gasteiger partial charge is 0.323 e. The van der Waals surface area contributed by atoms with Crippen molar-refractivity contribution in [2.24, 2.45) is 10.9 Å². The molecule has 1 aliphatic rings. The second kappa shape index (κ2) is 6.04. The lowest BCUT2D eigenvalue weighted by Crippen LogP contribution is -2.16. The molecule has 2 aromatic rings. The molecule has 1 aromatic heterocycles. The molecule has 2 N–H and O–H groups in total. The molecule has 0 spiro atoms. The summed E-state index contributed by atoms with van der Waals surface area (Å²) >= 11 is 0. The van der Waals surface area contributed by atoms with E-state index in [1.165, 1.54) is 6.07 Å². The monoisotopic (exact) mass is 283 g/mol. The zero-order valence-electron chi connectivity index (χ0n) is 11.8. The number of rotatable bonds is 2. The van der Waals surface area contributed by atoms with Crippen LogP contribution in [0.4, 0.5) is 4.39 Å². The summed E-state index contributed by atoms with van der Waals surface area (Å²) in [6.45, 7) is 0. The van der Waals surface area contributed by atoms with E-state index >= 15 is 0 Å². The summed E-state index contributed by atoms with van der Waals surface area (Å²) in [7, 11) is 0. The van der Waals surface area contributed by atoms with Gasteiger partial charge in [0.2, 0.25) is 0 Å². The number of nitrogens with zero attached hydrogens (tertiary/aromatic N) is 2. The van der Waals surface area contributed by atoms with Crippen LogP contribution in [-0.2, 0) is 0 Å². The van der Waals surface area contributed by atoms with E-state index in [2.05, 4.69) is 10.1 Å². The Balaban J connectivity index is 1.92. The fourth-order valence-electron chi connectivity index (χ4n) is 2.91. The van der Waals surface area contributed by atoms with Crippen LogP contribution in [0.25, 0.3) is 11.3 Å².